The molecule has 188 valence electrons. The van der Waals surface area contributed by atoms with E-state index < -0.39 is 5.97 Å². The molecule has 2 aromatic rings. The first kappa shape index (κ1) is 26.3. The molecule has 0 aromatic heterocycles. The van der Waals surface area contributed by atoms with E-state index in [0.717, 1.165) is 42.7 Å². The van der Waals surface area contributed by atoms with Gasteiger partial charge in [-0.25, -0.2) is 4.79 Å². The molecule has 0 spiro atoms. The fraction of sp³-hybridized carbons (Fsp3) is 0.448. The van der Waals surface area contributed by atoms with Crippen molar-refractivity contribution in [1.82, 2.24) is 0 Å². The molecule has 1 aliphatic rings. The van der Waals surface area contributed by atoms with E-state index in [4.69, 9.17) is 20.9 Å². The third kappa shape index (κ3) is 9.12. The van der Waals surface area contributed by atoms with Gasteiger partial charge in [-0.2, -0.15) is 0 Å². The van der Waals surface area contributed by atoms with Crippen molar-refractivity contribution >= 4 is 29.4 Å². The van der Waals surface area contributed by atoms with Crippen molar-refractivity contribution in [2.75, 3.05) is 11.5 Å². The second kappa shape index (κ2) is 13.6. The van der Waals surface area contributed by atoms with Gasteiger partial charge in [0.2, 0.25) is 0 Å². The summed E-state index contributed by atoms with van der Waals surface area (Å²) in [6.45, 7) is 2.33. The topological polar surface area (TPSA) is 105 Å². The number of rotatable bonds is 11. The van der Waals surface area contributed by atoms with E-state index in [1.165, 1.54) is 38.2 Å². The molecule has 0 unspecified atom stereocenters. The summed E-state index contributed by atoms with van der Waals surface area (Å²) in [7, 11) is 0. The number of nitrogens with two attached hydrogens (primary N) is 2. The normalized spacial score (nSPS) is 17.9. The molecule has 6 heteroatoms. The summed E-state index contributed by atoms with van der Waals surface area (Å²) in [6.07, 6.45) is 13.6. The van der Waals surface area contributed by atoms with E-state index in [0.29, 0.717) is 17.1 Å². The van der Waals surface area contributed by atoms with Crippen molar-refractivity contribution < 1.29 is 19.1 Å². The maximum atomic E-state index is 12.6. The molecule has 1 aliphatic carbocycles. The minimum absolute atomic E-state index is 0.00782. The Balaban J connectivity index is 1.39. The number of carbonyl (C=O) groups excluding carboxylic acids is 2. The highest BCUT2D eigenvalue weighted by molar-refractivity contribution is 5.87. The van der Waals surface area contributed by atoms with E-state index in [2.05, 4.69) is 6.92 Å². The molecule has 6 nitrogen and oxygen atoms in total. The van der Waals surface area contributed by atoms with Gasteiger partial charge < -0.3 is 20.9 Å². The molecule has 0 saturated heterocycles. The number of ether oxygens (including phenoxy) is 2. The second-order valence-corrected chi connectivity index (χ2v) is 9.51. The van der Waals surface area contributed by atoms with Gasteiger partial charge in [0.05, 0.1) is 5.92 Å². The van der Waals surface area contributed by atoms with Crippen molar-refractivity contribution in [2.45, 2.75) is 71.3 Å². The van der Waals surface area contributed by atoms with Gasteiger partial charge >= 0.3 is 11.9 Å². The lowest BCUT2D eigenvalue weighted by Crippen LogP contribution is -2.25. The van der Waals surface area contributed by atoms with Crippen molar-refractivity contribution in [2.24, 2.45) is 11.8 Å². The zero-order valence-electron chi connectivity index (χ0n) is 20.7. The van der Waals surface area contributed by atoms with E-state index in [9.17, 15) is 9.59 Å². The first-order valence-electron chi connectivity index (χ1n) is 12.7. The van der Waals surface area contributed by atoms with Gasteiger partial charge in [0.1, 0.15) is 12.4 Å². The lowest BCUT2D eigenvalue weighted by molar-refractivity contribution is -0.140. The summed E-state index contributed by atoms with van der Waals surface area (Å²) in [5.74, 6) is 0.672. The minimum Gasteiger partial charge on any atom is -0.458 e. The van der Waals surface area contributed by atoms with Gasteiger partial charge in [-0.1, -0.05) is 51.2 Å². The second-order valence-electron chi connectivity index (χ2n) is 9.51. The number of anilines is 2. The Morgan fingerprint density at radius 2 is 1.63 bits per heavy atom. The van der Waals surface area contributed by atoms with Crippen LogP contribution in [0.15, 0.2) is 48.5 Å². The number of carbonyl (C=O) groups is 2. The van der Waals surface area contributed by atoms with E-state index in [1.54, 1.807) is 48.5 Å². The van der Waals surface area contributed by atoms with Crippen LogP contribution in [-0.4, -0.2) is 11.9 Å². The highest BCUT2D eigenvalue weighted by atomic mass is 16.5. The molecule has 1 saturated carbocycles. The SMILES string of the molecule is CCCCCCC1CCC(C(=O)Oc2ccc(C=CC(=O)OCc3cc(N)cc(N)c3)cc2)CC1. The van der Waals surface area contributed by atoms with Crippen molar-refractivity contribution in [3.05, 3.63) is 59.7 Å². The number of benzene rings is 2. The highest BCUT2D eigenvalue weighted by Crippen LogP contribution is 2.33. The lowest BCUT2D eigenvalue weighted by Gasteiger charge is -2.27. The molecule has 4 N–H and O–H groups in total. The maximum absolute atomic E-state index is 12.6. The van der Waals surface area contributed by atoms with E-state index in [-0.39, 0.29) is 18.5 Å². The largest absolute Gasteiger partial charge is 0.458 e. The van der Waals surface area contributed by atoms with Gasteiger partial charge in [-0.3, -0.25) is 4.79 Å². The predicted octanol–water partition coefficient (Wildman–Crippen LogP) is 6.29. The van der Waals surface area contributed by atoms with Crippen LogP contribution in [-0.2, 0) is 20.9 Å². The summed E-state index contributed by atoms with van der Waals surface area (Å²) in [6, 6.07) is 12.2. The van der Waals surface area contributed by atoms with Crippen LogP contribution in [0.1, 0.15) is 75.8 Å². The Morgan fingerprint density at radius 3 is 2.29 bits per heavy atom. The Bertz CT molecular complexity index is 972. The Morgan fingerprint density at radius 1 is 0.943 bits per heavy atom. The fourth-order valence-corrected chi connectivity index (χ4v) is 4.59. The van der Waals surface area contributed by atoms with Crippen LogP contribution in [0.4, 0.5) is 11.4 Å². The van der Waals surface area contributed by atoms with Gasteiger partial charge in [-0.15, -0.1) is 0 Å². The number of hydrogen-bond donors (Lipinski definition) is 2. The summed E-state index contributed by atoms with van der Waals surface area (Å²) in [5.41, 5.74) is 14.1. The molecule has 0 heterocycles. The number of hydrogen-bond acceptors (Lipinski definition) is 6. The monoisotopic (exact) mass is 478 g/mol. The molecule has 3 rings (SSSR count). The van der Waals surface area contributed by atoms with Crippen LogP contribution in [0, 0.1) is 11.8 Å². The summed E-state index contributed by atoms with van der Waals surface area (Å²) in [5, 5.41) is 0. The lowest BCUT2D eigenvalue weighted by atomic mass is 9.80. The zero-order valence-corrected chi connectivity index (χ0v) is 20.7. The third-order valence-electron chi connectivity index (χ3n) is 6.57. The Labute approximate surface area is 208 Å². The zero-order chi connectivity index (χ0) is 25.0. The van der Waals surface area contributed by atoms with Crippen LogP contribution in [0.2, 0.25) is 0 Å². The third-order valence-corrected chi connectivity index (χ3v) is 6.57. The average Bonchev–Trinajstić information content (AvgIpc) is 2.85. The van der Waals surface area contributed by atoms with Crippen molar-refractivity contribution in [3.63, 3.8) is 0 Å². The molecule has 35 heavy (non-hydrogen) atoms. The molecule has 1 fully saturated rings. The Kier molecular flexibility index (Phi) is 10.2. The first-order valence-corrected chi connectivity index (χ1v) is 12.7. The van der Waals surface area contributed by atoms with Crippen LogP contribution < -0.4 is 16.2 Å². The van der Waals surface area contributed by atoms with Gasteiger partial charge in [-0.05, 0) is 79.1 Å². The number of nitrogen functional groups attached to an aromatic ring is 2. The van der Waals surface area contributed by atoms with Gasteiger partial charge in [0.15, 0.2) is 0 Å². The van der Waals surface area contributed by atoms with Crippen LogP contribution in [0.25, 0.3) is 6.08 Å². The van der Waals surface area contributed by atoms with Gasteiger partial charge in [0.25, 0.3) is 0 Å². The fourth-order valence-electron chi connectivity index (χ4n) is 4.59. The Hall–Kier alpha value is -3.28. The molecule has 0 aliphatic heterocycles. The summed E-state index contributed by atoms with van der Waals surface area (Å²) in [4.78, 5) is 24.6. The quantitative estimate of drug-likeness (QED) is 0.129. The average molecular weight is 479 g/mol. The molecular formula is C29H38N2O4. The van der Waals surface area contributed by atoms with E-state index in [1.807, 2.05) is 0 Å². The summed E-state index contributed by atoms with van der Waals surface area (Å²) >= 11 is 0. The smallest absolute Gasteiger partial charge is 0.331 e. The number of unbranched alkanes of at least 4 members (excludes halogenated alkanes) is 3. The first-order chi connectivity index (χ1) is 16.9. The maximum Gasteiger partial charge on any atom is 0.331 e. The van der Waals surface area contributed by atoms with Crippen LogP contribution in [0.3, 0.4) is 0 Å². The highest BCUT2D eigenvalue weighted by Gasteiger charge is 2.27. The van der Waals surface area contributed by atoms with E-state index >= 15 is 0 Å². The van der Waals surface area contributed by atoms with Gasteiger partial charge in [0, 0.05) is 17.5 Å². The standard InChI is InChI=1S/C29H38N2O4/c1-2-3-4-5-6-21-7-12-24(13-8-21)29(33)35-27-14-9-22(10-15-27)11-16-28(32)34-20-23-17-25(30)19-26(31)18-23/h9-11,14-19,21,24H,2-8,12-13,20,30-31H2,1H3. The summed E-state index contributed by atoms with van der Waals surface area (Å²) < 4.78 is 10.9. The van der Waals surface area contributed by atoms with Crippen molar-refractivity contribution in [1.29, 1.82) is 0 Å². The van der Waals surface area contributed by atoms with Crippen LogP contribution >= 0.6 is 0 Å². The molecule has 0 amide bonds. The molecule has 0 atom stereocenters. The molecular weight excluding hydrogens is 440 g/mol. The van der Waals surface area contributed by atoms with Crippen molar-refractivity contribution in [3.8, 4) is 5.75 Å². The molecule has 0 bridgehead atoms. The molecule has 0 radical (unpaired) electrons. The number of esters is 2. The predicted molar refractivity (Wildman–Crippen MR) is 140 cm³/mol. The molecule has 2 aromatic carbocycles. The minimum atomic E-state index is -0.470. The van der Waals surface area contributed by atoms with Crippen LogP contribution in [0.5, 0.6) is 5.75 Å².